The predicted octanol–water partition coefficient (Wildman–Crippen LogP) is 8.64. The van der Waals surface area contributed by atoms with Crippen molar-refractivity contribution in [3.05, 3.63) is 154 Å². The molecule has 0 aromatic heterocycles. The number of carbonyl (C=O) groups is 4. The van der Waals surface area contributed by atoms with Gasteiger partial charge in [0.2, 0.25) is 11.8 Å². The maximum absolute atomic E-state index is 15.4. The fourth-order valence-electron chi connectivity index (χ4n) is 9.52. The van der Waals surface area contributed by atoms with Crippen LogP contribution in [0.5, 0.6) is 11.5 Å². The van der Waals surface area contributed by atoms with Crippen molar-refractivity contribution in [1.29, 1.82) is 0 Å². The summed E-state index contributed by atoms with van der Waals surface area (Å²) in [5, 5.41) is 15.4. The molecule has 57 heavy (non-hydrogen) atoms. The molecule has 9 rings (SSSR count). The highest BCUT2D eigenvalue weighted by Gasteiger charge is 2.70. The number of phenolic OH excluding ortho intramolecular Hbond substituents is 1. The molecule has 10 nitrogen and oxygen atoms in total. The standard InChI is InChI=1S/C45H36Cl2N4O6/c1-57-32-18-9-26(10-19-32)45-36(42(54)51(44(45)56)49-38-22-11-27(46)23-37(38)47)24-35-33(40(45)25-7-16-31(52)17-8-25)20-21-34-39(35)43(55)50(41(34)53)30-14-12-29(13-15-30)48-28-5-3-2-4-6-28/h2-20,22-23,34-36,39-40,48-49,52H,21,24H2,1H3. The molecular formula is C45H36Cl2N4O6. The summed E-state index contributed by atoms with van der Waals surface area (Å²) < 4.78 is 5.48. The third-order valence-electron chi connectivity index (χ3n) is 12.0. The van der Waals surface area contributed by atoms with E-state index in [2.05, 4.69) is 10.7 Å². The number of nitrogens with one attached hydrogen (secondary N) is 2. The molecule has 6 atom stereocenters. The summed E-state index contributed by atoms with van der Waals surface area (Å²) in [4.78, 5) is 60.6. The molecule has 3 fully saturated rings. The molecule has 0 bridgehead atoms. The summed E-state index contributed by atoms with van der Waals surface area (Å²) in [6.07, 6.45) is 2.39. The van der Waals surface area contributed by atoms with Crippen LogP contribution >= 0.6 is 23.2 Å². The number of fused-ring (bicyclic) bond motifs is 4. The number of para-hydroxylation sites is 1. The van der Waals surface area contributed by atoms with Crippen LogP contribution in [0.3, 0.4) is 0 Å². The summed E-state index contributed by atoms with van der Waals surface area (Å²) in [7, 11) is 1.55. The first-order valence-corrected chi connectivity index (χ1v) is 19.4. The van der Waals surface area contributed by atoms with E-state index in [-0.39, 0.29) is 35.4 Å². The molecular weight excluding hydrogens is 763 g/mol. The van der Waals surface area contributed by atoms with Gasteiger partial charge in [0.15, 0.2) is 0 Å². The number of carbonyl (C=O) groups excluding carboxylic acids is 4. The maximum Gasteiger partial charge on any atom is 0.260 e. The summed E-state index contributed by atoms with van der Waals surface area (Å²) in [5.74, 6) is -4.77. The van der Waals surface area contributed by atoms with Gasteiger partial charge in [-0.2, -0.15) is 5.01 Å². The zero-order valence-corrected chi connectivity index (χ0v) is 32.1. The van der Waals surface area contributed by atoms with E-state index in [9.17, 15) is 19.5 Å². The first-order valence-electron chi connectivity index (χ1n) is 18.6. The molecule has 4 aliphatic rings. The fourth-order valence-corrected chi connectivity index (χ4v) is 9.97. The van der Waals surface area contributed by atoms with Crippen molar-refractivity contribution >= 4 is 69.6 Å². The average molecular weight is 800 g/mol. The lowest BCUT2D eigenvalue weighted by molar-refractivity contribution is -0.138. The molecule has 5 aromatic carbocycles. The number of allylic oxidation sites excluding steroid dienone is 2. The van der Waals surface area contributed by atoms with Crippen molar-refractivity contribution in [3.63, 3.8) is 0 Å². The normalized spacial score (nSPS) is 25.1. The quantitative estimate of drug-likeness (QED) is 0.105. The van der Waals surface area contributed by atoms with Crippen LogP contribution in [0.4, 0.5) is 22.7 Å². The topological polar surface area (TPSA) is 128 Å². The van der Waals surface area contributed by atoms with Crippen LogP contribution in [0.2, 0.25) is 10.0 Å². The number of benzene rings is 5. The summed E-state index contributed by atoms with van der Waals surface area (Å²) in [6.45, 7) is 0. The molecule has 5 aromatic rings. The highest BCUT2D eigenvalue weighted by atomic mass is 35.5. The number of anilines is 4. The molecule has 0 radical (unpaired) electrons. The van der Waals surface area contributed by atoms with Crippen molar-refractivity contribution in [2.24, 2.45) is 23.7 Å². The molecule has 2 heterocycles. The van der Waals surface area contributed by atoms with Crippen LogP contribution in [0.1, 0.15) is 29.9 Å². The second-order valence-corrected chi connectivity index (χ2v) is 15.7. The van der Waals surface area contributed by atoms with Crippen LogP contribution in [-0.2, 0) is 24.6 Å². The molecule has 3 N–H and O–H groups in total. The number of phenols is 1. The number of hydrogen-bond donors (Lipinski definition) is 3. The highest BCUT2D eigenvalue weighted by molar-refractivity contribution is 6.36. The lowest BCUT2D eigenvalue weighted by Crippen LogP contribution is -2.53. The number of rotatable bonds is 8. The lowest BCUT2D eigenvalue weighted by atomic mass is 9.49. The molecule has 2 aliphatic heterocycles. The van der Waals surface area contributed by atoms with Crippen molar-refractivity contribution in [3.8, 4) is 11.5 Å². The number of nitrogens with zero attached hydrogens (tertiary/aromatic N) is 2. The van der Waals surface area contributed by atoms with Crippen LogP contribution in [0.25, 0.3) is 0 Å². The van der Waals surface area contributed by atoms with Gasteiger partial charge in [-0.05, 0) is 109 Å². The van der Waals surface area contributed by atoms with E-state index in [1.54, 1.807) is 79.9 Å². The Kier molecular flexibility index (Phi) is 9.06. The SMILES string of the molecule is COc1ccc(C23C(=O)N(Nc4ccc(Cl)cc4Cl)C(=O)C2CC2C(=CCC4C(=O)N(c5ccc(Nc6ccccc6)cc5)C(=O)C42)C3c2ccc(O)cc2)cc1. The van der Waals surface area contributed by atoms with E-state index in [0.717, 1.165) is 22.0 Å². The Bertz CT molecular complexity index is 2460. The van der Waals surface area contributed by atoms with Gasteiger partial charge in [-0.3, -0.25) is 29.5 Å². The zero-order chi connectivity index (χ0) is 39.6. The summed E-state index contributed by atoms with van der Waals surface area (Å²) in [5.41, 5.74) is 6.02. The van der Waals surface area contributed by atoms with Crippen LogP contribution in [0.15, 0.2) is 133 Å². The number of ether oxygens (including phenoxy) is 1. The average Bonchev–Trinajstić information content (AvgIpc) is 3.60. The van der Waals surface area contributed by atoms with E-state index in [4.69, 9.17) is 27.9 Å². The molecule has 0 spiro atoms. The Hall–Kier alpha value is -6.10. The van der Waals surface area contributed by atoms with Gasteiger partial charge in [-0.15, -0.1) is 0 Å². The van der Waals surface area contributed by atoms with Gasteiger partial charge < -0.3 is 15.2 Å². The van der Waals surface area contributed by atoms with Crippen molar-refractivity contribution in [2.45, 2.75) is 24.2 Å². The van der Waals surface area contributed by atoms with Gasteiger partial charge in [0.25, 0.3) is 11.8 Å². The Morgan fingerprint density at radius 1 is 0.772 bits per heavy atom. The minimum atomic E-state index is -1.51. The minimum Gasteiger partial charge on any atom is -0.508 e. The number of methoxy groups -OCH3 is 1. The van der Waals surface area contributed by atoms with Crippen molar-refractivity contribution in [2.75, 3.05) is 22.8 Å². The van der Waals surface area contributed by atoms with Gasteiger partial charge in [-0.25, -0.2) is 0 Å². The number of halogens is 2. The second-order valence-electron chi connectivity index (χ2n) is 14.9. The largest absolute Gasteiger partial charge is 0.508 e. The maximum atomic E-state index is 15.4. The number of amides is 4. The Labute approximate surface area is 338 Å². The van der Waals surface area contributed by atoms with Gasteiger partial charge in [0.1, 0.15) is 11.5 Å². The van der Waals surface area contributed by atoms with Gasteiger partial charge >= 0.3 is 0 Å². The number of aromatic hydroxyl groups is 1. The first kappa shape index (κ1) is 36.5. The lowest BCUT2D eigenvalue weighted by Gasteiger charge is -2.50. The van der Waals surface area contributed by atoms with E-state index in [1.165, 1.54) is 11.0 Å². The number of imide groups is 2. The van der Waals surface area contributed by atoms with E-state index < -0.39 is 46.8 Å². The molecule has 1 saturated carbocycles. The third-order valence-corrected chi connectivity index (χ3v) is 12.5. The van der Waals surface area contributed by atoms with Crippen LogP contribution in [0, 0.1) is 23.7 Å². The van der Waals surface area contributed by atoms with Gasteiger partial charge in [0, 0.05) is 22.3 Å². The first-order chi connectivity index (χ1) is 27.6. The number of hydrogen-bond acceptors (Lipinski definition) is 8. The molecule has 12 heteroatoms. The monoisotopic (exact) mass is 798 g/mol. The summed E-state index contributed by atoms with van der Waals surface area (Å²) >= 11 is 12.7. The van der Waals surface area contributed by atoms with Crippen molar-refractivity contribution < 1.29 is 29.0 Å². The second kappa shape index (κ2) is 14.1. The smallest absolute Gasteiger partial charge is 0.260 e. The van der Waals surface area contributed by atoms with Crippen molar-refractivity contribution in [1.82, 2.24) is 5.01 Å². The Balaban J connectivity index is 1.15. The van der Waals surface area contributed by atoms with E-state index in [0.29, 0.717) is 33.3 Å². The third kappa shape index (κ3) is 5.85. The fraction of sp³-hybridized carbons (Fsp3) is 0.200. The van der Waals surface area contributed by atoms with Crippen LogP contribution < -0.4 is 20.4 Å². The summed E-state index contributed by atoms with van der Waals surface area (Å²) in [6, 6.07) is 35.3. The molecule has 4 amide bonds. The van der Waals surface area contributed by atoms with E-state index in [1.807, 2.05) is 48.5 Å². The molecule has 2 aliphatic carbocycles. The Morgan fingerprint density at radius 3 is 2.16 bits per heavy atom. The molecule has 2 saturated heterocycles. The zero-order valence-electron chi connectivity index (χ0n) is 30.6. The van der Waals surface area contributed by atoms with Gasteiger partial charge in [0.05, 0.1) is 46.7 Å². The molecule has 6 unspecified atom stereocenters. The van der Waals surface area contributed by atoms with Crippen LogP contribution in [-0.4, -0.2) is 40.9 Å². The predicted molar refractivity (Wildman–Crippen MR) is 217 cm³/mol. The highest BCUT2D eigenvalue weighted by Crippen LogP contribution is 2.64. The number of hydrazine groups is 1. The minimum absolute atomic E-state index is 0.0329. The van der Waals surface area contributed by atoms with E-state index >= 15 is 4.79 Å². The van der Waals surface area contributed by atoms with Gasteiger partial charge in [-0.1, -0.05) is 77.3 Å². The Morgan fingerprint density at radius 2 is 1.47 bits per heavy atom. The molecule has 286 valence electrons.